The van der Waals surface area contributed by atoms with Gasteiger partial charge in [-0.2, -0.15) is 4.31 Å². The Morgan fingerprint density at radius 1 is 1.09 bits per heavy atom. The van der Waals surface area contributed by atoms with Gasteiger partial charge in [-0.15, -0.1) is 0 Å². The van der Waals surface area contributed by atoms with Crippen molar-refractivity contribution >= 4 is 33.6 Å². The number of imide groups is 1. The van der Waals surface area contributed by atoms with E-state index in [2.05, 4.69) is 17.6 Å². The van der Waals surface area contributed by atoms with Crippen LogP contribution >= 0.6 is 0 Å². The standard InChI is InChI=1S/C24H36N4O5S/c1-3-4-5-8-14-24(2)22(30)28(23(31)26-24)18-21(29)25-19-12-11-13-20(17-19)34(32,33)27-15-9-6-7-10-16-27/h11-13,17H,3-10,14-16,18H2,1-2H3,(H,25,29)(H,26,31). The van der Waals surface area contributed by atoms with E-state index in [1.54, 1.807) is 19.1 Å². The van der Waals surface area contributed by atoms with Crippen LogP contribution in [-0.4, -0.2) is 60.6 Å². The lowest BCUT2D eigenvalue weighted by atomic mass is 9.94. The monoisotopic (exact) mass is 492 g/mol. The van der Waals surface area contributed by atoms with E-state index >= 15 is 0 Å². The molecule has 0 saturated carbocycles. The second kappa shape index (κ2) is 11.3. The Morgan fingerprint density at radius 3 is 2.47 bits per heavy atom. The van der Waals surface area contributed by atoms with E-state index in [0.717, 1.165) is 56.3 Å². The molecule has 0 aliphatic carbocycles. The number of amides is 4. The third kappa shape index (κ3) is 6.15. The minimum absolute atomic E-state index is 0.113. The molecule has 2 aliphatic heterocycles. The van der Waals surface area contributed by atoms with Crippen LogP contribution in [0, 0.1) is 0 Å². The first-order chi connectivity index (χ1) is 16.2. The third-order valence-electron chi connectivity index (χ3n) is 6.50. The van der Waals surface area contributed by atoms with Gasteiger partial charge in [-0.1, -0.05) is 51.5 Å². The minimum atomic E-state index is -3.66. The lowest BCUT2D eigenvalue weighted by Crippen LogP contribution is -2.44. The maximum absolute atomic E-state index is 13.0. The molecule has 10 heteroatoms. The van der Waals surface area contributed by atoms with Crippen LogP contribution in [0.3, 0.4) is 0 Å². The van der Waals surface area contributed by atoms with Gasteiger partial charge in [-0.25, -0.2) is 13.2 Å². The summed E-state index contributed by atoms with van der Waals surface area (Å²) < 4.78 is 27.6. The van der Waals surface area contributed by atoms with Gasteiger partial charge in [0.15, 0.2) is 0 Å². The van der Waals surface area contributed by atoms with Crippen molar-refractivity contribution in [1.82, 2.24) is 14.5 Å². The van der Waals surface area contributed by atoms with Crippen molar-refractivity contribution in [2.24, 2.45) is 0 Å². The first-order valence-corrected chi connectivity index (χ1v) is 13.7. The third-order valence-corrected chi connectivity index (χ3v) is 8.39. The predicted octanol–water partition coefficient (Wildman–Crippen LogP) is 3.47. The molecular weight excluding hydrogens is 456 g/mol. The van der Waals surface area contributed by atoms with Gasteiger partial charge in [-0.3, -0.25) is 14.5 Å². The van der Waals surface area contributed by atoms with Crippen molar-refractivity contribution in [3.05, 3.63) is 24.3 Å². The average molecular weight is 493 g/mol. The lowest BCUT2D eigenvalue weighted by Gasteiger charge is -2.21. The first-order valence-electron chi connectivity index (χ1n) is 12.2. The molecular formula is C24H36N4O5S. The molecule has 1 atom stereocenters. The molecule has 2 heterocycles. The van der Waals surface area contributed by atoms with Gasteiger partial charge in [0.2, 0.25) is 15.9 Å². The summed E-state index contributed by atoms with van der Waals surface area (Å²) in [5, 5.41) is 5.35. The molecule has 9 nitrogen and oxygen atoms in total. The molecule has 1 aromatic rings. The van der Waals surface area contributed by atoms with Gasteiger partial charge in [0.25, 0.3) is 5.91 Å². The van der Waals surface area contributed by atoms with Gasteiger partial charge in [0, 0.05) is 18.8 Å². The number of rotatable bonds is 10. The molecule has 2 aliphatic rings. The highest BCUT2D eigenvalue weighted by atomic mass is 32.2. The Morgan fingerprint density at radius 2 is 1.79 bits per heavy atom. The summed E-state index contributed by atoms with van der Waals surface area (Å²) in [5.74, 6) is -0.982. The van der Waals surface area contributed by atoms with Crippen LogP contribution in [0.2, 0.25) is 0 Å². The maximum atomic E-state index is 13.0. The number of benzene rings is 1. The molecule has 2 N–H and O–H groups in total. The van der Waals surface area contributed by atoms with E-state index in [9.17, 15) is 22.8 Å². The summed E-state index contributed by atoms with van der Waals surface area (Å²) in [6.07, 6.45) is 8.15. The second-order valence-corrected chi connectivity index (χ2v) is 11.3. The second-order valence-electron chi connectivity index (χ2n) is 9.36. The highest BCUT2D eigenvalue weighted by molar-refractivity contribution is 7.89. The zero-order valence-corrected chi connectivity index (χ0v) is 21.0. The van der Waals surface area contributed by atoms with Crippen LogP contribution in [0.15, 0.2) is 29.2 Å². The molecule has 34 heavy (non-hydrogen) atoms. The minimum Gasteiger partial charge on any atom is -0.324 e. The highest BCUT2D eigenvalue weighted by Gasteiger charge is 2.47. The summed E-state index contributed by atoms with van der Waals surface area (Å²) in [4.78, 5) is 38.9. The van der Waals surface area contributed by atoms with Crippen molar-refractivity contribution in [3.63, 3.8) is 0 Å². The van der Waals surface area contributed by atoms with Crippen molar-refractivity contribution in [2.45, 2.75) is 82.1 Å². The number of sulfonamides is 1. The molecule has 0 aromatic heterocycles. The molecule has 1 unspecified atom stereocenters. The zero-order chi connectivity index (χ0) is 24.8. The SMILES string of the molecule is CCCCCCC1(C)NC(=O)N(CC(=O)Nc2cccc(S(=O)(=O)N3CCCCCC3)c2)C1=O. The molecule has 0 radical (unpaired) electrons. The van der Waals surface area contributed by atoms with Crippen LogP contribution in [0.25, 0.3) is 0 Å². The molecule has 2 saturated heterocycles. The summed E-state index contributed by atoms with van der Waals surface area (Å²) in [6, 6.07) is 5.50. The average Bonchev–Trinajstić information content (AvgIpc) is 3.01. The predicted molar refractivity (Wildman–Crippen MR) is 130 cm³/mol. The van der Waals surface area contributed by atoms with Gasteiger partial charge >= 0.3 is 6.03 Å². The molecule has 4 amide bonds. The van der Waals surface area contributed by atoms with Crippen molar-refractivity contribution in [3.8, 4) is 0 Å². The molecule has 0 bridgehead atoms. The van der Waals surface area contributed by atoms with Gasteiger partial charge in [-0.05, 0) is 44.4 Å². The molecule has 2 fully saturated rings. The van der Waals surface area contributed by atoms with E-state index < -0.39 is 40.0 Å². The summed E-state index contributed by atoms with van der Waals surface area (Å²) in [6.45, 7) is 4.34. The highest BCUT2D eigenvalue weighted by Crippen LogP contribution is 2.25. The van der Waals surface area contributed by atoms with Crippen LogP contribution in [-0.2, 0) is 19.6 Å². The molecule has 3 rings (SSSR count). The number of hydrogen-bond donors (Lipinski definition) is 2. The normalized spacial score (nSPS) is 21.9. The molecule has 1 aromatic carbocycles. The van der Waals surface area contributed by atoms with Crippen molar-refractivity contribution in [2.75, 3.05) is 25.0 Å². The number of carbonyl (C=O) groups is 3. The van der Waals surface area contributed by atoms with Crippen molar-refractivity contribution in [1.29, 1.82) is 0 Å². The number of unbranched alkanes of at least 4 members (excludes halogenated alkanes) is 3. The Hall–Kier alpha value is -2.46. The summed E-state index contributed by atoms with van der Waals surface area (Å²) >= 11 is 0. The lowest BCUT2D eigenvalue weighted by molar-refractivity contribution is -0.133. The Bertz CT molecular complexity index is 1000. The quantitative estimate of drug-likeness (QED) is 0.383. The number of anilines is 1. The van der Waals surface area contributed by atoms with Gasteiger partial charge < -0.3 is 10.6 Å². The Labute approximate surface area is 202 Å². The maximum Gasteiger partial charge on any atom is 0.325 e. The topological polar surface area (TPSA) is 116 Å². The van der Waals surface area contributed by atoms with Crippen LogP contribution in [0.1, 0.15) is 71.6 Å². The number of carbonyl (C=O) groups excluding carboxylic acids is 3. The first kappa shape index (κ1) is 26.2. The van der Waals surface area contributed by atoms with E-state index in [0.29, 0.717) is 25.2 Å². The smallest absolute Gasteiger partial charge is 0.324 e. The number of nitrogens with zero attached hydrogens (tertiary/aromatic N) is 2. The largest absolute Gasteiger partial charge is 0.325 e. The van der Waals surface area contributed by atoms with Crippen LogP contribution in [0.4, 0.5) is 10.5 Å². The fourth-order valence-corrected chi connectivity index (χ4v) is 6.04. The Balaban J connectivity index is 1.63. The van der Waals surface area contributed by atoms with Crippen LogP contribution < -0.4 is 10.6 Å². The van der Waals surface area contributed by atoms with E-state index in [-0.39, 0.29) is 4.90 Å². The van der Waals surface area contributed by atoms with E-state index in [4.69, 9.17) is 0 Å². The van der Waals surface area contributed by atoms with Gasteiger partial charge in [0.05, 0.1) is 4.90 Å². The summed E-state index contributed by atoms with van der Waals surface area (Å²) in [7, 11) is -3.66. The van der Waals surface area contributed by atoms with Crippen LogP contribution in [0.5, 0.6) is 0 Å². The molecule has 0 spiro atoms. The van der Waals surface area contributed by atoms with E-state index in [1.165, 1.54) is 16.4 Å². The summed E-state index contributed by atoms with van der Waals surface area (Å²) in [5.41, 5.74) is -0.706. The van der Waals surface area contributed by atoms with Gasteiger partial charge in [0.1, 0.15) is 12.1 Å². The van der Waals surface area contributed by atoms with E-state index in [1.807, 2.05) is 0 Å². The number of urea groups is 1. The fourth-order valence-electron chi connectivity index (χ4n) is 4.47. The van der Waals surface area contributed by atoms with Crippen molar-refractivity contribution < 1.29 is 22.8 Å². The molecule has 188 valence electrons. The Kier molecular flexibility index (Phi) is 8.70. The fraction of sp³-hybridized carbons (Fsp3) is 0.625. The number of hydrogen-bond acceptors (Lipinski definition) is 5. The zero-order valence-electron chi connectivity index (χ0n) is 20.1. The number of nitrogens with one attached hydrogen (secondary N) is 2.